The normalized spacial score (nSPS) is 13.6. The lowest BCUT2D eigenvalue weighted by atomic mass is 9.91. The number of fused-ring (bicyclic) bond motifs is 3. The van der Waals surface area contributed by atoms with Crippen LogP contribution in [0.4, 0.5) is 0 Å². The third-order valence-electron chi connectivity index (χ3n) is 5.95. The number of nitrogens with zero attached hydrogens (tertiary/aromatic N) is 1. The van der Waals surface area contributed by atoms with Crippen LogP contribution in [0.5, 0.6) is 11.5 Å². The van der Waals surface area contributed by atoms with Crippen LogP contribution in [0.2, 0.25) is 0 Å². The average Bonchev–Trinajstić information content (AvgIpc) is 3.40. The summed E-state index contributed by atoms with van der Waals surface area (Å²) in [6, 6.07) is 9.19. The van der Waals surface area contributed by atoms with Crippen molar-refractivity contribution >= 4 is 23.8 Å². The van der Waals surface area contributed by atoms with Gasteiger partial charge in [0.25, 0.3) is 6.47 Å². The number of aromatic nitrogens is 1. The standard InChI is InChI=1S/C25H28N2O5S.CH2O2/c1-31-22-13-17-16(12-23(22)32-9-5-3-2-4-8-26)11-20(24-7-6-10-33-24)27-15-18(25(29)30)21(28)14-19(17)27;2-1-3/h6-7,10,12-15,20H,2-5,8-9,11,26H2,1H3,(H,29,30);1H,(H,2,3). The van der Waals surface area contributed by atoms with Gasteiger partial charge in [0.1, 0.15) is 5.56 Å². The maximum Gasteiger partial charge on any atom is 0.341 e. The summed E-state index contributed by atoms with van der Waals surface area (Å²) in [4.78, 5) is 33.6. The van der Waals surface area contributed by atoms with Crippen LogP contribution in [-0.4, -0.2) is 47.5 Å². The molecule has 192 valence electrons. The molecule has 0 fully saturated rings. The summed E-state index contributed by atoms with van der Waals surface area (Å²) in [5.74, 6) is 0.0448. The topological polar surface area (TPSA) is 141 Å². The molecule has 1 atom stereocenters. The molecule has 0 amide bonds. The fraction of sp³-hybridized carbons (Fsp3) is 0.346. The fourth-order valence-corrected chi connectivity index (χ4v) is 5.10. The van der Waals surface area contributed by atoms with Crippen molar-refractivity contribution in [3.8, 4) is 22.8 Å². The SMILES string of the molecule is COc1cc2c(cc1OCCCCCCN)CC(c1cccs1)n1cc(C(=O)O)c(=O)cc1-2.O=CO. The number of unbranched alkanes of at least 4 members (excludes halogenated alkanes) is 3. The second-order valence-corrected chi connectivity index (χ2v) is 9.18. The predicted octanol–water partition coefficient (Wildman–Crippen LogP) is 4.03. The van der Waals surface area contributed by atoms with E-state index in [4.69, 9.17) is 25.1 Å². The summed E-state index contributed by atoms with van der Waals surface area (Å²) in [7, 11) is 1.59. The van der Waals surface area contributed by atoms with Crippen molar-refractivity contribution in [1.82, 2.24) is 4.57 Å². The molecule has 9 nitrogen and oxygen atoms in total. The van der Waals surface area contributed by atoms with Crippen LogP contribution in [0.25, 0.3) is 11.3 Å². The van der Waals surface area contributed by atoms with E-state index in [9.17, 15) is 14.7 Å². The molecule has 10 heteroatoms. The van der Waals surface area contributed by atoms with Crippen LogP contribution in [-0.2, 0) is 11.2 Å². The average molecular weight is 515 g/mol. The van der Waals surface area contributed by atoms with Crippen LogP contribution >= 0.6 is 11.3 Å². The number of carboxylic acids is 1. The van der Waals surface area contributed by atoms with E-state index in [1.165, 1.54) is 12.3 Å². The van der Waals surface area contributed by atoms with Crippen molar-refractivity contribution in [3.63, 3.8) is 0 Å². The van der Waals surface area contributed by atoms with E-state index in [0.29, 0.717) is 36.8 Å². The number of pyridine rings is 1. The second-order valence-electron chi connectivity index (χ2n) is 8.20. The van der Waals surface area contributed by atoms with Crippen molar-refractivity contribution in [2.45, 2.75) is 38.1 Å². The van der Waals surface area contributed by atoms with Crippen molar-refractivity contribution in [3.05, 3.63) is 68.1 Å². The molecule has 0 radical (unpaired) electrons. The minimum absolute atomic E-state index is 0.108. The van der Waals surface area contributed by atoms with Crippen LogP contribution in [0.1, 0.15) is 52.5 Å². The number of benzene rings is 1. The molecule has 4 rings (SSSR count). The van der Waals surface area contributed by atoms with Gasteiger partial charge in [0, 0.05) is 22.7 Å². The minimum Gasteiger partial charge on any atom is -0.493 e. The number of hydrogen-bond donors (Lipinski definition) is 3. The van der Waals surface area contributed by atoms with E-state index in [2.05, 4.69) is 0 Å². The zero-order chi connectivity index (χ0) is 26.1. The molecule has 0 saturated heterocycles. The predicted molar refractivity (Wildman–Crippen MR) is 138 cm³/mol. The van der Waals surface area contributed by atoms with E-state index in [1.54, 1.807) is 18.4 Å². The summed E-state index contributed by atoms with van der Waals surface area (Å²) in [6.45, 7) is 1.05. The number of carboxylic acid groups (broad SMARTS) is 2. The highest BCUT2D eigenvalue weighted by molar-refractivity contribution is 7.10. The van der Waals surface area contributed by atoms with Gasteiger partial charge in [0.2, 0.25) is 0 Å². The van der Waals surface area contributed by atoms with Gasteiger partial charge in [-0.25, -0.2) is 4.79 Å². The molecule has 1 aliphatic heterocycles. The minimum atomic E-state index is -1.22. The number of carbonyl (C=O) groups is 2. The van der Waals surface area contributed by atoms with E-state index in [1.807, 2.05) is 34.2 Å². The van der Waals surface area contributed by atoms with Gasteiger partial charge in [-0.15, -0.1) is 11.3 Å². The van der Waals surface area contributed by atoms with E-state index >= 15 is 0 Å². The molecule has 3 heterocycles. The molecular formula is C26H30N2O7S. The largest absolute Gasteiger partial charge is 0.493 e. The van der Waals surface area contributed by atoms with E-state index in [-0.39, 0.29) is 18.1 Å². The first kappa shape index (κ1) is 27.0. The summed E-state index contributed by atoms with van der Waals surface area (Å²) < 4.78 is 13.6. The Morgan fingerprint density at radius 2 is 1.97 bits per heavy atom. The molecular weight excluding hydrogens is 484 g/mol. The van der Waals surface area contributed by atoms with Gasteiger partial charge < -0.3 is 30.0 Å². The second kappa shape index (κ2) is 12.9. The molecule has 1 unspecified atom stereocenters. The number of ether oxygens (including phenoxy) is 2. The smallest absolute Gasteiger partial charge is 0.341 e. The van der Waals surface area contributed by atoms with Crippen molar-refractivity contribution in [1.29, 1.82) is 0 Å². The first-order chi connectivity index (χ1) is 17.4. The van der Waals surface area contributed by atoms with Gasteiger partial charge in [0.05, 0.1) is 25.5 Å². The summed E-state index contributed by atoms with van der Waals surface area (Å²) >= 11 is 1.61. The van der Waals surface area contributed by atoms with Gasteiger partial charge in [-0.3, -0.25) is 9.59 Å². The summed E-state index contributed by atoms with van der Waals surface area (Å²) in [6.07, 6.45) is 6.23. The van der Waals surface area contributed by atoms with Crippen LogP contribution in [0.3, 0.4) is 0 Å². The van der Waals surface area contributed by atoms with Crippen LogP contribution in [0, 0.1) is 0 Å². The zero-order valence-electron chi connectivity index (χ0n) is 20.0. The number of thiophene rings is 1. The molecule has 0 saturated carbocycles. The number of methoxy groups -OCH3 is 1. The van der Waals surface area contributed by atoms with E-state index < -0.39 is 11.4 Å². The lowest BCUT2D eigenvalue weighted by molar-refractivity contribution is -0.122. The maximum absolute atomic E-state index is 12.6. The number of nitrogens with two attached hydrogens (primary N) is 1. The Bertz CT molecular complexity index is 1240. The van der Waals surface area contributed by atoms with Crippen molar-refractivity contribution in [2.24, 2.45) is 5.73 Å². The van der Waals surface area contributed by atoms with Gasteiger partial charge in [-0.2, -0.15) is 0 Å². The zero-order valence-corrected chi connectivity index (χ0v) is 20.8. The first-order valence-electron chi connectivity index (χ1n) is 11.6. The lowest BCUT2D eigenvalue weighted by Crippen LogP contribution is -2.25. The molecule has 0 bridgehead atoms. The fourth-order valence-electron chi connectivity index (χ4n) is 4.27. The summed E-state index contributed by atoms with van der Waals surface area (Å²) in [5.41, 5.74) is 7.38. The Morgan fingerprint density at radius 1 is 1.22 bits per heavy atom. The Labute approximate surface area is 212 Å². The Balaban J connectivity index is 0.00000115. The van der Waals surface area contributed by atoms with E-state index in [0.717, 1.165) is 41.7 Å². The molecule has 1 aromatic carbocycles. The Hall–Kier alpha value is -3.63. The number of rotatable bonds is 10. The Morgan fingerprint density at radius 3 is 2.61 bits per heavy atom. The van der Waals surface area contributed by atoms with Crippen molar-refractivity contribution < 1.29 is 29.3 Å². The highest BCUT2D eigenvalue weighted by Crippen LogP contribution is 2.43. The Kier molecular flexibility index (Phi) is 9.66. The first-order valence-corrected chi connectivity index (χ1v) is 12.5. The third kappa shape index (κ3) is 6.13. The van der Waals surface area contributed by atoms with Gasteiger partial charge in [-0.1, -0.05) is 18.9 Å². The number of hydrogen-bond acceptors (Lipinski definition) is 7. The third-order valence-corrected chi connectivity index (χ3v) is 6.93. The van der Waals surface area contributed by atoms with Gasteiger partial charge in [-0.05, 0) is 54.9 Å². The molecule has 3 aromatic rings. The quantitative estimate of drug-likeness (QED) is 0.272. The van der Waals surface area contributed by atoms with Crippen LogP contribution in [0.15, 0.2) is 46.7 Å². The van der Waals surface area contributed by atoms with Crippen LogP contribution < -0.4 is 20.6 Å². The molecule has 4 N–H and O–H groups in total. The molecule has 2 aromatic heterocycles. The highest BCUT2D eigenvalue weighted by Gasteiger charge is 2.29. The maximum atomic E-state index is 12.6. The molecule has 36 heavy (non-hydrogen) atoms. The van der Waals surface area contributed by atoms with Gasteiger partial charge >= 0.3 is 5.97 Å². The van der Waals surface area contributed by atoms with Crippen molar-refractivity contribution in [2.75, 3.05) is 20.3 Å². The molecule has 0 aliphatic carbocycles. The summed E-state index contributed by atoms with van der Waals surface area (Å²) in [5, 5.41) is 18.4. The monoisotopic (exact) mass is 514 g/mol. The lowest BCUT2D eigenvalue weighted by Gasteiger charge is -2.31. The molecule has 1 aliphatic rings. The molecule has 0 spiro atoms. The number of aromatic carboxylic acids is 1. The highest BCUT2D eigenvalue weighted by atomic mass is 32.1. The van der Waals surface area contributed by atoms with Gasteiger partial charge in [0.15, 0.2) is 16.9 Å².